The van der Waals surface area contributed by atoms with Gasteiger partial charge in [-0.05, 0) is 22.9 Å². The third-order valence-corrected chi connectivity index (χ3v) is 2.52. The first-order valence-electron chi connectivity index (χ1n) is 4.18. The molecular weight excluding hydrogens is 216 g/mol. The number of hydrogen-bond acceptors (Lipinski definition) is 1. The van der Waals surface area contributed by atoms with E-state index in [1.165, 1.54) is 5.69 Å². The predicted molar refractivity (Wildman–Crippen MR) is 54.3 cm³/mol. The minimum atomic E-state index is 0.176. The van der Waals surface area contributed by atoms with Crippen LogP contribution < -0.4 is 0 Å². The summed E-state index contributed by atoms with van der Waals surface area (Å²) >= 11 is 3.42. The summed E-state index contributed by atoms with van der Waals surface area (Å²) in [7, 11) is 0. The highest BCUT2D eigenvalue weighted by Gasteiger charge is 2.19. The molecule has 2 nitrogen and oxygen atoms in total. The smallest absolute Gasteiger partial charge is 0.177 e. The molecule has 3 heteroatoms. The fourth-order valence-electron chi connectivity index (χ4n) is 1.25. The Kier molecular flexibility index (Phi) is 2.61. The third-order valence-electron chi connectivity index (χ3n) is 1.89. The van der Waals surface area contributed by atoms with Gasteiger partial charge in [0.25, 0.3) is 0 Å². The third kappa shape index (κ3) is 1.71. The largest absolute Gasteiger partial charge is 0.323 e. The zero-order chi connectivity index (χ0) is 9.35. The van der Waals surface area contributed by atoms with E-state index in [1.807, 2.05) is 6.20 Å². The summed E-state index contributed by atoms with van der Waals surface area (Å²) in [5, 5.41) is 0. The normalized spacial score (nSPS) is 12.1. The lowest BCUT2D eigenvalue weighted by molar-refractivity contribution is 0.522. The molecule has 0 saturated carbocycles. The number of imidazole rings is 1. The highest BCUT2D eigenvalue weighted by Crippen LogP contribution is 2.24. The molecule has 0 radical (unpaired) electrons. The van der Waals surface area contributed by atoms with Gasteiger partial charge in [-0.25, -0.2) is 4.98 Å². The van der Waals surface area contributed by atoms with E-state index in [4.69, 9.17) is 0 Å². The van der Waals surface area contributed by atoms with Crippen LogP contribution in [0.2, 0.25) is 0 Å². The fourth-order valence-corrected chi connectivity index (χ4v) is 1.80. The Morgan fingerprint density at radius 3 is 2.42 bits per heavy atom. The van der Waals surface area contributed by atoms with Crippen LogP contribution in [0, 0.1) is 0 Å². The average molecular weight is 231 g/mol. The van der Waals surface area contributed by atoms with Gasteiger partial charge in [0, 0.05) is 23.9 Å². The predicted octanol–water partition coefficient (Wildman–Crippen LogP) is 2.96. The van der Waals surface area contributed by atoms with Gasteiger partial charge < -0.3 is 4.57 Å². The number of halogens is 1. The van der Waals surface area contributed by atoms with Crippen molar-refractivity contribution in [1.29, 1.82) is 0 Å². The van der Waals surface area contributed by atoms with Crippen molar-refractivity contribution >= 4 is 15.9 Å². The fraction of sp³-hybridized carbons (Fsp3) is 0.667. The van der Waals surface area contributed by atoms with Crippen molar-refractivity contribution in [2.24, 2.45) is 0 Å². The van der Waals surface area contributed by atoms with Crippen molar-refractivity contribution in [3.63, 3.8) is 0 Å². The summed E-state index contributed by atoms with van der Waals surface area (Å²) in [5.74, 6) is 0. The van der Waals surface area contributed by atoms with Crippen LogP contribution >= 0.6 is 15.9 Å². The van der Waals surface area contributed by atoms with Crippen LogP contribution in [-0.2, 0) is 12.0 Å². The van der Waals surface area contributed by atoms with E-state index in [9.17, 15) is 0 Å². The Morgan fingerprint density at radius 2 is 2.08 bits per heavy atom. The number of nitrogens with zero attached hydrogens (tertiary/aromatic N) is 2. The van der Waals surface area contributed by atoms with Gasteiger partial charge in [0.2, 0.25) is 0 Å². The lowest BCUT2D eigenvalue weighted by Gasteiger charge is -2.20. The molecule has 1 aromatic rings. The maximum absolute atomic E-state index is 4.23. The van der Waals surface area contributed by atoms with Gasteiger partial charge in [0.1, 0.15) is 0 Å². The molecule has 0 unspecified atom stereocenters. The van der Waals surface area contributed by atoms with Gasteiger partial charge in [-0.1, -0.05) is 20.8 Å². The molecule has 0 aliphatic carbocycles. The molecular formula is C9H15BrN2. The van der Waals surface area contributed by atoms with Crippen molar-refractivity contribution in [2.75, 3.05) is 0 Å². The van der Waals surface area contributed by atoms with Crippen molar-refractivity contribution in [2.45, 2.75) is 39.7 Å². The van der Waals surface area contributed by atoms with Crippen molar-refractivity contribution in [3.8, 4) is 0 Å². The molecule has 0 amide bonds. The summed E-state index contributed by atoms with van der Waals surface area (Å²) in [6.07, 6.45) is 1.94. The van der Waals surface area contributed by atoms with E-state index in [0.717, 1.165) is 11.3 Å². The number of hydrogen-bond donors (Lipinski definition) is 0. The maximum atomic E-state index is 4.23. The Bertz CT molecular complexity index is 271. The van der Waals surface area contributed by atoms with Gasteiger partial charge in [0.15, 0.2) is 4.73 Å². The van der Waals surface area contributed by atoms with Crippen LogP contribution in [0.3, 0.4) is 0 Å². The van der Waals surface area contributed by atoms with Gasteiger partial charge in [-0.15, -0.1) is 0 Å². The Morgan fingerprint density at radius 1 is 1.50 bits per heavy atom. The zero-order valence-corrected chi connectivity index (χ0v) is 9.64. The molecule has 0 N–H and O–H groups in total. The Balaban J connectivity index is 3.16. The summed E-state index contributed by atoms with van der Waals surface area (Å²) in [4.78, 5) is 4.23. The monoisotopic (exact) mass is 230 g/mol. The number of aromatic nitrogens is 2. The quantitative estimate of drug-likeness (QED) is 0.726. The highest BCUT2D eigenvalue weighted by molar-refractivity contribution is 9.10. The van der Waals surface area contributed by atoms with Gasteiger partial charge in [-0.3, -0.25) is 0 Å². The second-order valence-electron chi connectivity index (χ2n) is 3.91. The van der Waals surface area contributed by atoms with E-state index < -0.39 is 0 Å². The molecule has 0 atom stereocenters. The molecule has 0 saturated heterocycles. The van der Waals surface area contributed by atoms with Crippen LogP contribution in [0.4, 0.5) is 0 Å². The molecule has 1 aromatic heterocycles. The first kappa shape index (κ1) is 9.78. The topological polar surface area (TPSA) is 17.8 Å². The first-order valence-corrected chi connectivity index (χ1v) is 4.97. The molecule has 0 aromatic carbocycles. The first-order chi connectivity index (χ1) is 5.46. The van der Waals surface area contributed by atoms with Crippen LogP contribution in [0.25, 0.3) is 0 Å². The summed E-state index contributed by atoms with van der Waals surface area (Å²) in [6, 6.07) is 0. The molecule has 0 fully saturated rings. The molecule has 1 rings (SSSR count). The number of rotatable bonds is 1. The molecule has 0 aliphatic rings. The van der Waals surface area contributed by atoms with Gasteiger partial charge in [0.05, 0.1) is 0 Å². The second kappa shape index (κ2) is 3.21. The van der Waals surface area contributed by atoms with Gasteiger partial charge >= 0.3 is 0 Å². The van der Waals surface area contributed by atoms with Crippen LogP contribution in [0.1, 0.15) is 33.4 Å². The van der Waals surface area contributed by atoms with Crippen LogP contribution in [0.5, 0.6) is 0 Å². The van der Waals surface area contributed by atoms with E-state index in [1.54, 1.807) is 0 Å². The van der Waals surface area contributed by atoms with Crippen LogP contribution in [-0.4, -0.2) is 9.55 Å². The Hall–Kier alpha value is -0.310. The minimum Gasteiger partial charge on any atom is -0.323 e. The van der Waals surface area contributed by atoms with E-state index in [0.29, 0.717) is 0 Å². The summed E-state index contributed by atoms with van der Waals surface area (Å²) in [6.45, 7) is 9.68. The lowest BCUT2D eigenvalue weighted by atomic mass is 9.93. The molecule has 1 heterocycles. The molecule has 0 bridgehead atoms. The minimum absolute atomic E-state index is 0.176. The molecule has 0 aliphatic heterocycles. The Labute approximate surface area is 82.1 Å². The average Bonchev–Trinajstić information content (AvgIpc) is 2.29. The molecule has 0 spiro atoms. The van der Waals surface area contributed by atoms with E-state index in [2.05, 4.69) is 53.2 Å². The van der Waals surface area contributed by atoms with Crippen molar-refractivity contribution in [3.05, 3.63) is 16.6 Å². The van der Waals surface area contributed by atoms with E-state index >= 15 is 0 Å². The van der Waals surface area contributed by atoms with E-state index in [-0.39, 0.29) is 5.41 Å². The summed E-state index contributed by atoms with van der Waals surface area (Å²) < 4.78 is 3.11. The zero-order valence-electron chi connectivity index (χ0n) is 8.06. The summed E-state index contributed by atoms with van der Waals surface area (Å²) in [5.41, 5.74) is 1.45. The second-order valence-corrected chi connectivity index (χ2v) is 4.62. The SMILES string of the molecule is CCn1c(C(C)(C)C)cnc1Br. The highest BCUT2D eigenvalue weighted by atomic mass is 79.9. The molecule has 12 heavy (non-hydrogen) atoms. The van der Waals surface area contributed by atoms with Crippen molar-refractivity contribution in [1.82, 2.24) is 9.55 Å². The van der Waals surface area contributed by atoms with Crippen molar-refractivity contribution < 1.29 is 0 Å². The van der Waals surface area contributed by atoms with Gasteiger partial charge in [-0.2, -0.15) is 0 Å². The van der Waals surface area contributed by atoms with Crippen LogP contribution in [0.15, 0.2) is 10.9 Å². The standard InChI is InChI=1S/C9H15BrN2/c1-5-12-7(9(2,3)4)6-11-8(12)10/h6H,5H2,1-4H3. The maximum Gasteiger partial charge on any atom is 0.177 e. The molecule has 68 valence electrons. The lowest BCUT2D eigenvalue weighted by Crippen LogP contribution is -2.17.